The highest BCUT2D eigenvalue weighted by atomic mass is 19.1. The molecule has 0 bridgehead atoms. The summed E-state index contributed by atoms with van der Waals surface area (Å²) >= 11 is 0. The summed E-state index contributed by atoms with van der Waals surface area (Å²) in [6.45, 7) is -0.311. The molecule has 1 amide bonds. The summed E-state index contributed by atoms with van der Waals surface area (Å²) in [6.07, 6.45) is 1.77. The molecule has 0 saturated carbocycles. The zero-order valence-corrected chi connectivity index (χ0v) is 17.1. The zero-order chi connectivity index (χ0) is 22.0. The Kier molecular flexibility index (Phi) is 5.79. The van der Waals surface area contributed by atoms with E-state index < -0.39 is 5.97 Å². The van der Waals surface area contributed by atoms with E-state index in [0.717, 1.165) is 11.3 Å². The number of carbonyl (C=O) groups excluding carboxylic acids is 1. The topological polar surface area (TPSA) is 89.8 Å². The summed E-state index contributed by atoms with van der Waals surface area (Å²) in [5.41, 5.74) is 2.48. The van der Waals surface area contributed by atoms with Crippen LogP contribution in [0.2, 0.25) is 0 Å². The number of hydrogen-bond donors (Lipinski definition) is 2. The van der Waals surface area contributed by atoms with Crippen molar-refractivity contribution >= 4 is 22.8 Å². The van der Waals surface area contributed by atoms with Gasteiger partial charge in [-0.1, -0.05) is 6.07 Å². The normalized spacial score (nSPS) is 15.4. The Balaban J connectivity index is 1.47. The standard InChI is InChI=1S/C23H23FN2O5/c1-30-16-3-2-4-17(11-16)31-13-22(27)25-15-6-8-21-19(10-15)18-9-14(24)5-7-20(18)26(21)12-23(28)29/h2-5,7,9,11,15H,6,8,10,12-13H2,1H3,(H,25,27)(H,28,29). The van der Waals surface area contributed by atoms with E-state index >= 15 is 0 Å². The van der Waals surface area contributed by atoms with Crippen LogP contribution in [-0.2, 0) is 29.0 Å². The first-order valence-corrected chi connectivity index (χ1v) is 10.0. The van der Waals surface area contributed by atoms with Crippen LogP contribution < -0.4 is 14.8 Å². The third kappa shape index (κ3) is 4.47. The number of nitrogens with one attached hydrogen (secondary N) is 1. The number of nitrogens with zero attached hydrogens (tertiary/aromatic N) is 1. The average molecular weight is 426 g/mol. The number of methoxy groups -OCH3 is 1. The number of aliphatic carboxylic acids is 1. The van der Waals surface area contributed by atoms with Crippen molar-refractivity contribution in [1.82, 2.24) is 9.88 Å². The molecule has 0 spiro atoms. The molecule has 2 N–H and O–H groups in total. The second-order valence-corrected chi connectivity index (χ2v) is 7.54. The molecule has 1 unspecified atom stereocenters. The van der Waals surface area contributed by atoms with Gasteiger partial charge in [-0.05, 0) is 55.2 Å². The minimum absolute atomic E-state index is 0.133. The molecule has 1 heterocycles. The van der Waals surface area contributed by atoms with Crippen molar-refractivity contribution in [2.75, 3.05) is 13.7 Å². The van der Waals surface area contributed by atoms with Crippen molar-refractivity contribution in [2.24, 2.45) is 0 Å². The largest absolute Gasteiger partial charge is 0.497 e. The maximum Gasteiger partial charge on any atom is 0.323 e. The molecule has 1 aliphatic carbocycles. The fourth-order valence-electron chi connectivity index (χ4n) is 4.17. The van der Waals surface area contributed by atoms with Crippen LogP contribution in [0, 0.1) is 5.82 Å². The van der Waals surface area contributed by atoms with Crippen molar-refractivity contribution in [1.29, 1.82) is 0 Å². The zero-order valence-electron chi connectivity index (χ0n) is 17.1. The molecule has 1 aromatic heterocycles. The van der Waals surface area contributed by atoms with Gasteiger partial charge in [0, 0.05) is 28.7 Å². The molecule has 0 aliphatic heterocycles. The SMILES string of the molecule is COc1cccc(OCC(=O)NC2CCc3c(c4cc(F)ccc4n3CC(=O)O)C2)c1. The van der Waals surface area contributed by atoms with Gasteiger partial charge in [-0.3, -0.25) is 9.59 Å². The van der Waals surface area contributed by atoms with Crippen molar-refractivity contribution in [2.45, 2.75) is 31.8 Å². The smallest absolute Gasteiger partial charge is 0.323 e. The monoisotopic (exact) mass is 426 g/mol. The third-order valence-electron chi connectivity index (χ3n) is 5.50. The molecule has 1 aliphatic rings. The minimum atomic E-state index is -0.950. The number of carboxylic acid groups (broad SMARTS) is 1. The molecule has 1 atom stereocenters. The maximum atomic E-state index is 13.9. The van der Waals surface area contributed by atoms with Crippen molar-refractivity contribution in [3.63, 3.8) is 0 Å². The Bertz CT molecular complexity index is 1140. The highest BCUT2D eigenvalue weighted by molar-refractivity contribution is 5.87. The third-order valence-corrected chi connectivity index (χ3v) is 5.50. The van der Waals surface area contributed by atoms with Crippen LogP contribution in [-0.4, -0.2) is 41.3 Å². The van der Waals surface area contributed by atoms with E-state index in [1.165, 1.54) is 12.1 Å². The molecule has 162 valence electrons. The first-order valence-electron chi connectivity index (χ1n) is 10.0. The van der Waals surface area contributed by atoms with Gasteiger partial charge in [-0.15, -0.1) is 0 Å². The predicted octanol–water partition coefficient (Wildman–Crippen LogP) is 2.93. The van der Waals surface area contributed by atoms with Gasteiger partial charge in [-0.25, -0.2) is 4.39 Å². The Morgan fingerprint density at radius 2 is 2.03 bits per heavy atom. The van der Waals surface area contributed by atoms with Crippen LogP contribution in [0.1, 0.15) is 17.7 Å². The van der Waals surface area contributed by atoms with Crippen molar-refractivity contribution < 1.29 is 28.6 Å². The van der Waals surface area contributed by atoms with E-state index in [4.69, 9.17) is 9.47 Å². The Labute approximate surface area is 178 Å². The second-order valence-electron chi connectivity index (χ2n) is 7.54. The van der Waals surface area contributed by atoms with Gasteiger partial charge in [-0.2, -0.15) is 0 Å². The van der Waals surface area contributed by atoms with Crippen LogP contribution in [0.3, 0.4) is 0 Å². The molecule has 3 aromatic rings. The van der Waals surface area contributed by atoms with Crippen LogP contribution in [0.25, 0.3) is 10.9 Å². The highest BCUT2D eigenvalue weighted by Crippen LogP contribution is 2.33. The summed E-state index contributed by atoms with van der Waals surface area (Å²) in [4.78, 5) is 23.7. The van der Waals surface area contributed by atoms with Gasteiger partial charge in [0.1, 0.15) is 23.9 Å². The van der Waals surface area contributed by atoms with E-state index in [1.54, 1.807) is 42.0 Å². The van der Waals surface area contributed by atoms with Crippen LogP contribution in [0.5, 0.6) is 11.5 Å². The fraction of sp³-hybridized carbons (Fsp3) is 0.304. The van der Waals surface area contributed by atoms with Gasteiger partial charge in [0.15, 0.2) is 6.61 Å². The van der Waals surface area contributed by atoms with Crippen LogP contribution >= 0.6 is 0 Å². The predicted molar refractivity (Wildman–Crippen MR) is 112 cm³/mol. The van der Waals surface area contributed by atoms with Crippen molar-refractivity contribution in [3.05, 3.63) is 59.5 Å². The fourth-order valence-corrected chi connectivity index (χ4v) is 4.17. The first kappa shape index (κ1) is 20.7. The highest BCUT2D eigenvalue weighted by Gasteiger charge is 2.27. The number of rotatable bonds is 7. The Hall–Kier alpha value is -3.55. The van der Waals surface area contributed by atoms with E-state index in [1.807, 2.05) is 0 Å². The lowest BCUT2D eigenvalue weighted by atomic mass is 9.91. The number of fused-ring (bicyclic) bond motifs is 3. The Morgan fingerprint density at radius 3 is 2.81 bits per heavy atom. The quantitative estimate of drug-likeness (QED) is 0.606. The molecule has 0 radical (unpaired) electrons. The second kappa shape index (κ2) is 8.67. The molecule has 2 aromatic carbocycles. The number of aromatic nitrogens is 1. The molecule has 0 fully saturated rings. The van der Waals surface area contributed by atoms with E-state index in [0.29, 0.717) is 41.7 Å². The van der Waals surface area contributed by atoms with Gasteiger partial charge in [0.2, 0.25) is 0 Å². The van der Waals surface area contributed by atoms with E-state index in [9.17, 15) is 19.1 Å². The summed E-state index contributed by atoms with van der Waals surface area (Å²) in [6, 6.07) is 11.3. The van der Waals surface area contributed by atoms with Crippen LogP contribution in [0.15, 0.2) is 42.5 Å². The van der Waals surface area contributed by atoms with Gasteiger partial charge in [0.25, 0.3) is 5.91 Å². The number of carbonyl (C=O) groups is 2. The molecule has 31 heavy (non-hydrogen) atoms. The number of benzene rings is 2. The van der Waals surface area contributed by atoms with Gasteiger partial charge < -0.3 is 24.5 Å². The van der Waals surface area contributed by atoms with Crippen LogP contribution in [0.4, 0.5) is 4.39 Å². The molecular weight excluding hydrogens is 403 g/mol. The minimum Gasteiger partial charge on any atom is -0.497 e. The number of amides is 1. The van der Waals surface area contributed by atoms with Crippen molar-refractivity contribution in [3.8, 4) is 11.5 Å². The lowest BCUT2D eigenvalue weighted by molar-refractivity contribution is -0.137. The summed E-state index contributed by atoms with van der Waals surface area (Å²) in [5, 5.41) is 13.0. The molecule has 0 saturated heterocycles. The summed E-state index contributed by atoms with van der Waals surface area (Å²) in [5.74, 6) is -0.401. The lowest BCUT2D eigenvalue weighted by Gasteiger charge is -2.25. The Morgan fingerprint density at radius 1 is 1.23 bits per heavy atom. The number of carboxylic acids is 1. The summed E-state index contributed by atoms with van der Waals surface area (Å²) < 4.78 is 26.3. The lowest BCUT2D eigenvalue weighted by Crippen LogP contribution is -2.41. The first-order chi connectivity index (χ1) is 14.9. The molecule has 4 rings (SSSR count). The molecule has 8 heteroatoms. The number of ether oxygens (including phenoxy) is 2. The number of halogens is 1. The molecular formula is C23H23FN2O5. The molecule has 7 nitrogen and oxygen atoms in total. The average Bonchev–Trinajstić information content (AvgIpc) is 3.04. The van der Waals surface area contributed by atoms with Gasteiger partial charge >= 0.3 is 5.97 Å². The maximum absolute atomic E-state index is 13.9. The van der Waals surface area contributed by atoms with E-state index in [-0.39, 0.29) is 30.9 Å². The van der Waals surface area contributed by atoms with Gasteiger partial charge in [0.05, 0.1) is 7.11 Å². The summed E-state index contributed by atoms with van der Waals surface area (Å²) in [7, 11) is 1.56. The number of hydrogen-bond acceptors (Lipinski definition) is 4. The van der Waals surface area contributed by atoms with E-state index in [2.05, 4.69) is 5.32 Å².